The van der Waals surface area contributed by atoms with Crippen molar-refractivity contribution in [1.29, 1.82) is 0 Å². The van der Waals surface area contributed by atoms with E-state index < -0.39 is 0 Å². The third-order valence-electron chi connectivity index (χ3n) is 4.24. The normalized spacial score (nSPS) is 17.9. The highest BCUT2D eigenvalue weighted by Gasteiger charge is 2.25. The molecule has 1 aliphatic heterocycles. The Labute approximate surface area is 150 Å². The molecular formula is C17H20ClN3O2S. The number of nitrogens with zero attached hydrogens (tertiary/aromatic N) is 3. The zero-order valence-electron chi connectivity index (χ0n) is 13.6. The maximum atomic E-state index is 12.5. The molecule has 3 rings (SSSR count). The number of halogens is 1. The summed E-state index contributed by atoms with van der Waals surface area (Å²) in [7, 11) is 0. The van der Waals surface area contributed by atoms with Crippen LogP contribution in [0.1, 0.15) is 32.6 Å². The number of rotatable bonds is 5. The number of piperidine rings is 1. The summed E-state index contributed by atoms with van der Waals surface area (Å²) in [6.45, 7) is 3.00. The summed E-state index contributed by atoms with van der Waals surface area (Å²) in [6.07, 6.45) is 4.42. The van der Waals surface area contributed by atoms with Crippen LogP contribution < -0.4 is 0 Å². The van der Waals surface area contributed by atoms with Crippen molar-refractivity contribution in [2.24, 2.45) is 0 Å². The Morgan fingerprint density at radius 3 is 2.88 bits per heavy atom. The van der Waals surface area contributed by atoms with Gasteiger partial charge in [-0.25, -0.2) is 0 Å². The fourth-order valence-corrected chi connectivity index (χ4v) is 3.71. The lowest BCUT2D eigenvalue weighted by Crippen LogP contribution is -2.44. The van der Waals surface area contributed by atoms with E-state index >= 15 is 0 Å². The molecule has 0 N–H and O–H groups in total. The van der Waals surface area contributed by atoms with Gasteiger partial charge in [-0.05, 0) is 49.9 Å². The van der Waals surface area contributed by atoms with E-state index in [4.69, 9.17) is 16.0 Å². The van der Waals surface area contributed by atoms with E-state index in [0.717, 1.165) is 31.4 Å². The Morgan fingerprint density at radius 2 is 2.12 bits per heavy atom. The van der Waals surface area contributed by atoms with Crippen molar-refractivity contribution in [3.63, 3.8) is 0 Å². The molecule has 1 saturated heterocycles. The van der Waals surface area contributed by atoms with Crippen LogP contribution in [0.25, 0.3) is 11.5 Å². The largest absolute Gasteiger partial charge is 0.411 e. The van der Waals surface area contributed by atoms with Gasteiger partial charge in [0.1, 0.15) is 0 Å². The first-order valence-electron chi connectivity index (χ1n) is 8.19. The maximum Gasteiger partial charge on any atom is 0.277 e. The number of hydrogen-bond acceptors (Lipinski definition) is 5. The molecule has 7 heteroatoms. The number of hydrogen-bond donors (Lipinski definition) is 0. The van der Waals surface area contributed by atoms with Crippen LogP contribution in [-0.2, 0) is 4.79 Å². The lowest BCUT2D eigenvalue weighted by Gasteiger charge is -2.35. The molecule has 24 heavy (non-hydrogen) atoms. The summed E-state index contributed by atoms with van der Waals surface area (Å²) >= 11 is 7.17. The van der Waals surface area contributed by atoms with Gasteiger partial charge in [-0.15, -0.1) is 10.2 Å². The van der Waals surface area contributed by atoms with E-state index in [0.29, 0.717) is 27.9 Å². The summed E-state index contributed by atoms with van der Waals surface area (Å²) in [5.41, 5.74) is 0.812. The summed E-state index contributed by atoms with van der Waals surface area (Å²) < 4.78 is 5.63. The third-order valence-corrected chi connectivity index (χ3v) is 5.29. The molecule has 0 spiro atoms. The fourth-order valence-electron chi connectivity index (χ4n) is 2.94. The number of carbonyl (C=O) groups is 1. The summed E-state index contributed by atoms with van der Waals surface area (Å²) in [5.74, 6) is 0.919. The van der Waals surface area contributed by atoms with E-state index in [1.165, 1.54) is 18.2 Å². The molecule has 2 aromatic rings. The number of amides is 1. The first-order chi connectivity index (χ1) is 11.7. The quantitative estimate of drug-likeness (QED) is 0.740. The van der Waals surface area contributed by atoms with E-state index in [2.05, 4.69) is 17.1 Å². The van der Waals surface area contributed by atoms with Crippen LogP contribution in [0.4, 0.5) is 0 Å². The molecule has 5 nitrogen and oxygen atoms in total. The predicted molar refractivity (Wildman–Crippen MR) is 95.1 cm³/mol. The summed E-state index contributed by atoms with van der Waals surface area (Å²) in [5, 5.41) is 9.12. The molecule has 1 aromatic carbocycles. The SMILES string of the molecule is CC[C@@H]1CCCCN1C(=O)CSc1nnc(-c2ccc(Cl)cc2)o1. The van der Waals surface area contributed by atoms with Gasteiger partial charge in [-0.3, -0.25) is 4.79 Å². The minimum absolute atomic E-state index is 0.151. The van der Waals surface area contributed by atoms with Gasteiger partial charge in [0.2, 0.25) is 11.8 Å². The second kappa shape index (κ2) is 8.03. The van der Waals surface area contributed by atoms with Crippen molar-refractivity contribution in [2.75, 3.05) is 12.3 Å². The number of likely N-dealkylation sites (tertiary alicyclic amines) is 1. The zero-order chi connectivity index (χ0) is 16.9. The number of carbonyl (C=O) groups excluding carboxylic acids is 1. The van der Waals surface area contributed by atoms with Crippen molar-refractivity contribution in [3.8, 4) is 11.5 Å². The first-order valence-corrected chi connectivity index (χ1v) is 9.55. The molecule has 0 unspecified atom stereocenters. The van der Waals surface area contributed by atoms with Crippen molar-refractivity contribution in [2.45, 2.75) is 43.9 Å². The van der Waals surface area contributed by atoms with Crippen LogP contribution in [0, 0.1) is 0 Å². The molecule has 1 amide bonds. The number of aromatic nitrogens is 2. The van der Waals surface area contributed by atoms with Crippen molar-refractivity contribution >= 4 is 29.3 Å². The molecule has 128 valence electrons. The van der Waals surface area contributed by atoms with Crippen molar-refractivity contribution in [3.05, 3.63) is 29.3 Å². The van der Waals surface area contributed by atoms with Crippen LogP contribution in [0.15, 0.2) is 33.9 Å². The van der Waals surface area contributed by atoms with E-state index in [9.17, 15) is 4.79 Å². The Bertz CT molecular complexity index is 689. The van der Waals surface area contributed by atoms with E-state index in [1.54, 1.807) is 12.1 Å². The van der Waals surface area contributed by atoms with Gasteiger partial charge < -0.3 is 9.32 Å². The molecule has 0 bridgehead atoms. The Morgan fingerprint density at radius 1 is 1.33 bits per heavy atom. The molecular weight excluding hydrogens is 346 g/mol. The average Bonchev–Trinajstić information content (AvgIpc) is 3.09. The zero-order valence-corrected chi connectivity index (χ0v) is 15.1. The van der Waals surface area contributed by atoms with Gasteiger partial charge in [0.05, 0.1) is 5.75 Å². The Kier molecular flexibility index (Phi) is 5.79. The molecule has 0 aliphatic carbocycles. The molecule has 1 aromatic heterocycles. The van der Waals surface area contributed by atoms with Gasteiger partial charge in [0, 0.05) is 23.2 Å². The molecule has 2 heterocycles. The standard InChI is InChI=1S/C17H20ClN3O2S/c1-2-14-5-3-4-10-21(14)15(22)11-24-17-20-19-16(23-17)12-6-8-13(18)9-7-12/h6-9,14H,2-5,10-11H2,1H3/t14-/m1/s1. The number of benzene rings is 1. The van der Waals surface area contributed by atoms with Gasteiger partial charge >= 0.3 is 0 Å². The molecule has 1 fully saturated rings. The predicted octanol–water partition coefficient (Wildman–Crippen LogP) is 4.27. The monoisotopic (exact) mass is 365 g/mol. The lowest BCUT2D eigenvalue weighted by molar-refractivity contribution is -0.132. The van der Waals surface area contributed by atoms with Crippen LogP contribution >= 0.6 is 23.4 Å². The highest BCUT2D eigenvalue weighted by Crippen LogP contribution is 2.26. The van der Waals surface area contributed by atoms with Gasteiger partial charge in [-0.1, -0.05) is 30.3 Å². The minimum Gasteiger partial charge on any atom is -0.411 e. The van der Waals surface area contributed by atoms with E-state index in [-0.39, 0.29) is 5.91 Å². The van der Waals surface area contributed by atoms with E-state index in [1.807, 2.05) is 17.0 Å². The van der Waals surface area contributed by atoms with Crippen LogP contribution in [0.2, 0.25) is 5.02 Å². The highest BCUT2D eigenvalue weighted by molar-refractivity contribution is 7.99. The Balaban J connectivity index is 1.59. The third kappa shape index (κ3) is 4.11. The second-order valence-corrected chi connectivity index (χ2v) is 7.18. The maximum absolute atomic E-state index is 12.5. The number of thioether (sulfide) groups is 1. The average molecular weight is 366 g/mol. The molecule has 0 radical (unpaired) electrons. The topological polar surface area (TPSA) is 59.2 Å². The van der Waals surface area contributed by atoms with Gasteiger partial charge in [0.15, 0.2) is 0 Å². The molecule has 1 atom stereocenters. The van der Waals surface area contributed by atoms with Gasteiger partial charge in [-0.2, -0.15) is 0 Å². The lowest BCUT2D eigenvalue weighted by atomic mass is 10.0. The molecule has 0 saturated carbocycles. The summed E-state index contributed by atoms with van der Waals surface area (Å²) in [6, 6.07) is 7.58. The molecule has 1 aliphatic rings. The highest BCUT2D eigenvalue weighted by atomic mass is 35.5. The minimum atomic E-state index is 0.151. The first kappa shape index (κ1) is 17.3. The fraction of sp³-hybridized carbons (Fsp3) is 0.471. The summed E-state index contributed by atoms with van der Waals surface area (Å²) in [4.78, 5) is 14.5. The Hall–Kier alpha value is -1.53. The second-order valence-electron chi connectivity index (χ2n) is 5.81. The van der Waals surface area contributed by atoms with Crippen molar-refractivity contribution in [1.82, 2.24) is 15.1 Å². The van der Waals surface area contributed by atoms with Crippen LogP contribution in [0.3, 0.4) is 0 Å². The van der Waals surface area contributed by atoms with Crippen LogP contribution in [-0.4, -0.2) is 39.3 Å². The van der Waals surface area contributed by atoms with Crippen molar-refractivity contribution < 1.29 is 9.21 Å². The van der Waals surface area contributed by atoms with Gasteiger partial charge in [0.25, 0.3) is 5.22 Å². The van der Waals surface area contributed by atoms with Crippen LogP contribution in [0.5, 0.6) is 0 Å². The smallest absolute Gasteiger partial charge is 0.277 e.